The fourth-order valence-corrected chi connectivity index (χ4v) is 4.11. The molecule has 0 aliphatic carbocycles. The minimum absolute atomic E-state index is 0.235. The average Bonchev–Trinajstić information content (AvgIpc) is 3.30. The van der Waals surface area contributed by atoms with Gasteiger partial charge in [-0.15, -0.1) is 0 Å². The number of ether oxygens (including phenoxy) is 1. The molecular weight excluding hydrogens is 410 g/mol. The van der Waals surface area contributed by atoms with Crippen LogP contribution in [0.15, 0.2) is 40.1 Å². The monoisotopic (exact) mass is 437 g/mol. The minimum Gasteiger partial charge on any atom is -0.467 e. The first-order chi connectivity index (χ1) is 15.3. The van der Waals surface area contributed by atoms with Crippen LogP contribution in [0.25, 0.3) is 22.6 Å². The number of hydrogen-bond donors (Lipinski definition) is 0. The van der Waals surface area contributed by atoms with Crippen LogP contribution in [0.4, 0.5) is 0 Å². The molecule has 1 aromatic carbocycles. The number of imidazole rings is 2. The summed E-state index contributed by atoms with van der Waals surface area (Å²) in [6.07, 6.45) is 5.13. The Balaban J connectivity index is 1.95. The molecule has 9 nitrogen and oxygen atoms in total. The number of rotatable bonds is 6. The van der Waals surface area contributed by atoms with Gasteiger partial charge in [0.05, 0.1) is 7.11 Å². The number of fused-ring (bicyclic) bond motifs is 3. The number of hydrogen-bond acceptors (Lipinski definition) is 5. The Morgan fingerprint density at radius 3 is 2.50 bits per heavy atom. The number of unbranched alkanes of at least 4 members (excludes halogenated alkanes) is 1. The van der Waals surface area contributed by atoms with Gasteiger partial charge in [0.15, 0.2) is 11.2 Å². The molecule has 0 aliphatic heterocycles. The van der Waals surface area contributed by atoms with Crippen molar-refractivity contribution in [3.05, 3.63) is 62.6 Å². The van der Waals surface area contributed by atoms with E-state index in [1.807, 2.05) is 29.8 Å². The maximum Gasteiger partial charge on any atom is 0.333 e. The Hall–Kier alpha value is -3.62. The lowest BCUT2D eigenvalue weighted by molar-refractivity contribution is -0.144. The van der Waals surface area contributed by atoms with E-state index in [1.54, 1.807) is 4.40 Å². The molecule has 9 heteroatoms. The quantitative estimate of drug-likeness (QED) is 0.432. The zero-order chi connectivity index (χ0) is 23.2. The van der Waals surface area contributed by atoms with Gasteiger partial charge in [-0.25, -0.2) is 14.2 Å². The van der Waals surface area contributed by atoms with Gasteiger partial charge < -0.3 is 4.74 Å². The number of esters is 1. The Kier molecular flexibility index (Phi) is 5.50. The van der Waals surface area contributed by atoms with Gasteiger partial charge in [-0.1, -0.05) is 25.5 Å². The Bertz CT molecular complexity index is 1440. The third kappa shape index (κ3) is 3.24. The van der Waals surface area contributed by atoms with Crippen LogP contribution in [0.1, 0.15) is 44.0 Å². The zero-order valence-corrected chi connectivity index (χ0v) is 19.0. The van der Waals surface area contributed by atoms with Crippen LogP contribution in [0.3, 0.4) is 0 Å². The summed E-state index contributed by atoms with van der Waals surface area (Å²) in [5.74, 6) is -0.143. The van der Waals surface area contributed by atoms with E-state index in [2.05, 4.69) is 24.0 Å². The summed E-state index contributed by atoms with van der Waals surface area (Å²) in [7, 11) is 2.76. The van der Waals surface area contributed by atoms with Gasteiger partial charge >= 0.3 is 11.7 Å². The highest BCUT2D eigenvalue weighted by molar-refractivity contribution is 5.78. The first-order valence-corrected chi connectivity index (χ1v) is 10.7. The molecule has 3 aromatic heterocycles. The Morgan fingerprint density at radius 2 is 1.88 bits per heavy atom. The topological polar surface area (TPSA) is 92.5 Å². The van der Waals surface area contributed by atoms with E-state index in [4.69, 9.17) is 4.74 Å². The average molecular weight is 438 g/mol. The van der Waals surface area contributed by atoms with Crippen LogP contribution in [0.5, 0.6) is 0 Å². The number of aryl methyl sites for hydroxylation is 3. The van der Waals surface area contributed by atoms with Gasteiger partial charge in [-0.05, 0) is 44.4 Å². The number of carbonyl (C=O) groups excluding carboxylic acids is 1. The van der Waals surface area contributed by atoms with Gasteiger partial charge in [0, 0.05) is 24.6 Å². The van der Waals surface area contributed by atoms with E-state index in [9.17, 15) is 14.4 Å². The molecule has 1 atom stereocenters. The standard InChI is InChI=1S/C23H27N5O4/c1-6-7-8-16-9-11-17(12-10-16)27-14(2)13-26-18-19(24-22(26)27)25(4)23(31)28(20(18)29)15(3)21(30)32-5/h9-13,15H,6-8H2,1-5H3. The highest BCUT2D eigenvalue weighted by Crippen LogP contribution is 2.22. The minimum atomic E-state index is -1.06. The fraction of sp³-hybridized carbons (Fsp3) is 0.391. The molecule has 0 aliphatic rings. The van der Waals surface area contributed by atoms with E-state index >= 15 is 0 Å². The second kappa shape index (κ2) is 8.14. The zero-order valence-electron chi connectivity index (χ0n) is 19.0. The van der Waals surface area contributed by atoms with Crippen molar-refractivity contribution < 1.29 is 9.53 Å². The van der Waals surface area contributed by atoms with Crippen molar-refractivity contribution in [3.63, 3.8) is 0 Å². The summed E-state index contributed by atoms with van der Waals surface area (Å²) in [4.78, 5) is 42.9. The molecule has 1 unspecified atom stereocenters. The lowest BCUT2D eigenvalue weighted by Crippen LogP contribution is -2.43. The molecule has 0 fully saturated rings. The van der Waals surface area contributed by atoms with Crippen LogP contribution in [0, 0.1) is 6.92 Å². The maximum absolute atomic E-state index is 13.3. The predicted molar refractivity (Wildman–Crippen MR) is 122 cm³/mol. The summed E-state index contributed by atoms with van der Waals surface area (Å²) in [5.41, 5.74) is 2.37. The van der Waals surface area contributed by atoms with E-state index in [-0.39, 0.29) is 11.2 Å². The van der Waals surface area contributed by atoms with Gasteiger partial charge in [0.1, 0.15) is 6.04 Å². The van der Waals surface area contributed by atoms with Gasteiger partial charge in [-0.3, -0.25) is 18.3 Å². The third-order valence-electron chi connectivity index (χ3n) is 5.92. The highest BCUT2D eigenvalue weighted by Gasteiger charge is 2.26. The van der Waals surface area contributed by atoms with Gasteiger partial charge in [0.25, 0.3) is 5.56 Å². The molecule has 4 rings (SSSR count). The van der Waals surface area contributed by atoms with E-state index in [0.29, 0.717) is 5.78 Å². The molecule has 0 spiro atoms. The van der Waals surface area contributed by atoms with Crippen LogP contribution >= 0.6 is 0 Å². The SMILES string of the molecule is CCCCc1ccc(-n2c(C)cn3c4c(=O)n(C(C)C(=O)OC)c(=O)n(C)c4nc23)cc1. The fourth-order valence-electron chi connectivity index (χ4n) is 4.11. The van der Waals surface area contributed by atoms with Gasteiger partial charge in [0.2, 0.25) is 5.78 Å². The molecule has 0 amide bonds. The van der Waals surface area contributed by atoms with E-state index in [1.165, 1.54) is 31.2 Å². The Morgan fingerprint density at radius 1 is 1.19 bits per heavy atom. The predicted octanol–water partition coefficient (Wildman–Crippen LogP) is 2.52. The number of methoxy groups -OCH3 is 1. The number of aromatic nitrogens is 5. The number of benzene rings is 1. The third-order valence-corrected chi connectivity index (χ3v) is 5.92. The van der Waals surface area contributed by atoms with Crippen molar-refractivity contribution >= 4 is 22.9 Å². The molecule has 3 heterocycles. The lowest BCUT2D eigenvalue weighted by atomic mass is 10.1. The van der Waals surface area contributed by atoms with Crippen LogP contribution < -0.4 is 11.2 Å². The van der Waals surface area contributed by atoms with Crippen LogP contribution in [-0.4, -0.2) is 36.2 Å². The van der Waals surface area contributed by atoms with Crippen molar-refractivity contribution in [1.29, 1.82) is 0 Å². The second-order valence-corrected chi connectivity index (χ2v) is 8.05. The van der Waals surface area contributed by atoms with E-state index < -0.39 is 23.3 Å². The van der Waals surface area contributed by atoms with E-state index in [0.717, 1.165) is 35.2 Å². The molecule has 0 saturated carbocycles. The molecule has 168 valence electrons. The first-order valence-electron chi connectivity index (χ1n) is 10.7. The summed E-state index contributed by atoms with van der Waals surface area (Å²) < 4.78 is 10.6. The van der Waals surface area contributed by atoms with Crippen molar-refractivity contribution in [3.8, 4) is 5.69 Å². The molecule has 4 aromatic rings. The summed E-state index contributed by atoms with van der Waals surface area (Å²) in [6.45, 7) is 5.57. The van der Waals surface area contributed by atoms with Gasteiger partial charge in [-0.2, -0.15) is 4.98 Å². The largest absolute Gasteiger partial charge is 0.467 e. The van der Waals surface area contributed by atoms with Crippen LogP contribution in [0.2, 0.25) is 0 Å². The Labute approximate surface area is 184 Å². The second-order valence-electron chi connectivity index (χ2n) is 8.05. The molecular formula is C23H27N5O4. The summed E-state index contributed by atoms with van der Waals surface area (Å²) in [6, 6.07) is 7.22. The first kappa shape index (κ1) is 21.6. The number of carbonyl (C=O) groups is 1. The molecule has 0 bridgehead atoms. The molecule has 32 heavy (non-hydrogen) atoms. The smallest absolute Gasteiger partial charge is 0.333 e. The normalized spacial score (nSPS) is 12.5. The number of nitrogens with zero attached hydrogens (tertiary/aromatic N) is 5. The molecule has 0 radical (unpaired) electrons. The summed E-state index contributed by atoms with van der Waals surface area (Å²) in [5, 5.41) is 0. The highest BCUT2D eigenvalue weighted by atomic mass is 16.5. The van der Waals surface area contributed by atoms with Crippen molar-refractivity contribution in [2.24, 2.45) is 7.05 Å². The maximum atomic E-state index is 13.3. The lowest BCUT2D eigenvalue weighted by Gasteiger charge is -2.13. The molecule has 0 saturated heterocycles. The van der Waals surface area contributed by atoms with Crippen molar-refractivity contribution in [2.75, 3.05) is 7.11 Å². The van der Waals surface area contributed by atoms with Crippen molar-refractivity contribution in [2.45, 2.75) is 46.1 Å². The molecule has 0 N–H and O–H groups in total. The van der Waals surface area contributed by atoms with Crippen molar-refractivity contribution in [1.82, 2.24) is 23.1 Å². The van der Waals surface area contributed by atoms with Crippen LogP contribution in [-0.2, 0) is 23.0 Å². The summed E-state index contributed by atoms with van der Waals surface area (Å²) >= 11 is 0.